The molecule has 2 amide bonds. The second-order valence-electron chi connectivity index (χ2n) is 7.50. The van der Waals surface area contributed by atoms with E-state index < -0.39 is 21.9 Å². The number of anilines is 1. The molecule has 0 aliphatic carbocycles. The lowest BCUT2D eigenvalue weighted by Crippen LogP contribution is -2.48. The Balaban J connectivity index is 2.08. The summed E-state index contributed by atoms with van der Waals surface area (Å²) in [5, 5.41) is 2.56. The summed E-state index contributed by atoms with van der Waals surface area (Å²) in [4.78, 5) is 26.6. The van der Waals surface area contributed by atoms with Crippen LogP contribution in [0.3, 0.4) is 0 Å². The molecule has 1 atom stereocenters. The van der Waals surface area contributed by atoms with Gasteiger partial charge in [0.25, 0.3) is 0 Å². The molecule has 2 aromatic carbocycles. The van der Waals surface area contributed by atoms with E-state index in [-0.39, 0.29) is 36.9 Å². The van der Waals surface area contributed by atoms with Crippen LogP contribution in [0, 0.1) is 5.82 Å². The van der Waals surface area contributed by atoms with Gasteiger partial charge in [-0.05, 0) is 37.5 Å². The van der Waals surface area contributed by atoms with Crippen LogP contribution in [-0.4, -0.2) is 57.6 Å². The molecule has 2 aromatic rings. The molecule has 0 fully saturated rings. The molecule has 1 N–H and O–H groups in total. The van der Waals surface area contributed by atoms with E-state index in [0.717, 1.165) is 16.1 Å². The van der Waals surface area contributed by atoms with Crippen molar-refractivity contribution in [1.29, 1.82) is 0 Å². The monoisotopic (exact) mass is 463 g/mol. The van der Waals surface area contributed by atoms with E-state index in [0.29, 0.717) is 13.0 Å². The minimum absolute atomic E-state index is 0.0244. The van der Waals surface area contributed by atoms with E-state index >= 15 is 0 Å². The third-order valence-corrected chi connectivity index (χ3v) is 6.35. The standard InChI is InChI=1S/C23H30FN3O4S/c1-18(23(29)25-2)26(17-15-19-10-5-4-6-11-19)22(28)14-9-16-27(32(3,30)31)21-13-8-7-12-20(21)24/h4-8,10-13,18H,9,14-17H2,1-3H3,(H,25,29)/t18-/m0/s1. The van der Waals surface area contributed by atoms with E-state index in [1.54, 1.807) is 13.0 Å². The Kier molecular flexibility index (Phi) is 9.19. The zero-order chi connectivity index (χ0) is 23.7. The summed E-state index contributed by atoms with van der Waals surface area (Å²) in [7, 11) is -2.22. The van der Waals surface area contributed by atoms with Crippen molar-refractivity contribution in [3.05, 3.63) is 66.0 Å². The molecule has 0 aromatic heterocycles. The van der Waals surface area contributed by atoms with Gasteiger partial charge in [0.05, 0.1) is 11.9 Å². The van der Waals surface area contributed by atoms with Gasteiger partial charge in [0.1, 0.15) is 11.9 Å². The Morgan fingerprint density at radius 2 is 1.66 bits per heavy atom. The lowest BCUT2D eigenvalue weighted by molar-refractivity contribution is -0.139. The molecule has 0 bridgehead atoms. The van der Waals surface area contributed by atoms with Crippen molar-refractivity contribution in [3.63, 3.8) is 0 Å². The van der Waals surface area contributed by atoms with Crippen molar-refractivity contribution in [3.8, 4) is 0 Å². The molecule has 174 valence electrons. The predicted octanol–water partition coefficient (Wildman–Crippen LogP) is 2.58. The maximum atomic E-state index is 14.2. The van der Waals surface area contributed by atoms with Gasteiger partial charge in [-0.1, -0.05) is 42.5 Å². The highest BCUT2D eigenvalue weighted by atomic mass is 32.2. The molecule has 0 heterocycles. The number of halogens is 1. The zero-order valence-electron chi connectivity index (χ0n) is 18.6. The third-order valence-electron chi connectivity index (χ3n) is 5.17. The van der Waals surface area contributed by atoms with Gasteiger partial charge in [-0.3, -0.25) is 13.9 Å². The number of hydrogen-bond acceptors (Lipinski definition) is 4. The number of amides is 2. The van der Waals surface area contributed by atoms with Crippen LogP contribution < -0.4 is 9.62 Å². The van der Waals surface area contributed by atoms with Crippen LogP contribution >= 0.6 is 0 Å². The molecule has 0 spiro atoms. The van der Waals surface area contributed by atoms with E-state index in [9.17, 15) is 22.4 Å². The summed E-state index contributed by atoms with van der Waals surface area (Å²) in [5.74, 6) is -1.20. The van der Waals surface area contributed by atoms with Crippen molar-refractivity contribution in [2.45, 2.75) is 32.2 Å². The number of carbonyl (C=O) groups excluding carboxylic acids is 2. The summed E-state index contributed by atoms with van der Waals surface area (Å²) >= 11 is 0. The third kappa shape index (κ3) is 7.05. The minimum atomic E-state index is -3.73. The number of likely N-dealkylation sites (N-methyl/N-ethyl adjacent to an activating group) is 1. The highest BCUT2D eigenvalue weighted by molar-refractivity contribution is 7.92. The van der Waals surface area contributed by atoms with Crippen molar-refractivity contribution in [2.24, 2.45) is 0 Å². The van der Waals surface area contributed by atoms with Crippen LogP contribution in [0.4, 0.5) is 10.1 Å². The van der Waals surface area contributed by atoms with Crippen molar-refractivity contribution >= 4 is 27.5 Å². The first kappa shape index (κ1) is 25.3. The van der Waals surface area contributed by atoms with Gasteiger partial charge in [-0.2, -0.15) is 0 Å². The van der Waals surface area contributed by atoms with E-state index in [4.69, 9.17) is 0 Å². The van der Waals surface area contributed by atoms with E-state index in [1.807, 2.05) is 30.3 Å². The summed E-state index contributed by atoms with van der Waals surface area (Å²) in [6, 6.07) is 14.6. The summed E-state index contributed by atoms with van der Waals surface area (Å²) in [6.45, 7) is 1.96. The lowest BCUT2D eigenvalue weighted by atomic mass is 10.1. The number of para-hydroxylation sites is 1. The Morgan fingerprint density at radius 3 is 2.25 bits per heavy atom. The fourth-order valence-corrected chi connectivity index (χ4v) is 4.38. The van der Waals surface area contributed by atoms with Crippen LogP contribution in [0.5, 0.6) is 0 Å². The normalized spacial score (nSPS) is 12.1. The minimum Gasteiger partial charge on any atom is -0.357 e. The summed E-state index contributed by atoms with van der Waals surface area (Å²) in [5.41, 5.74) is 0.985. The first-order chi connectivity index (χ1) is 15.1. The van der Waals surface area contributed by atoms with Gasteiger partial charge >= 0.3 is 0 Å². The second-order valence-corrected chi connectivity index (χ2v) is 9.41. The quantitative estimate of drug-likeness (QED) is 0.555. The first-order valence-corrected chi connectivity index (χ1v) is 12.3. The molecule has 0 aliphatic rings. The SMILES string of the molecule is CNC(=O)[C@H](C)N(CCc1ccccc1)C(=O)CCCN(c1ccccc1F)S(C)(=O)=O. The number of benzene rings is 2. The summed E-state index contributed by atoms with van der Waals surface area (Å²) in [6.07, 6.45) is 1.79. The maximum Gasteiger partial charge on any atom is 0.242 e. The van der Waals surface area contributed by atoms with Gasteiger partial charge in [-0.15, -0.1) is 0 Å². The Bertz CT molecular complexity index is 1010. The van der Waals surface area contributed by atoms with E-state index in [1.165, 1.54) is 30.1 Å². The number of rotatable bonds is 11. The van der Waals surface area contributed by atoms with Gasteiger partial charge in [0, 0.05) is 26.6 Å². The lowest BCUT2D eigenvalue weighted by Gasteiger charge is -2.29. The molecule has 0 aliphatic heterocycles. The molecular formula is C23H30FN3O4S. The predicted molar refractivity (Wildman–Crippen MR) is 123 cm³/mol. The molecule has 0 radical (unpaired) electrons. The Hall–Kier alpha value is -2.94. The fourth-order valence-electron chi connectivity index (χ4n) is 3.42. The molecule has 2 rings (SSSR count). The number of carbonyl (C=O) groups is 2. The molecule has 32 heavy (non-hydrogen) atoms. The second kappa shape index (κ2) is 11.6. The molecule has 9 heteroatoms. The van der Waals surface area contributed by atoms with Crippen molar-refractivity contribution < 1.29 is 22.4 Å². The first-order valence-electron chi connectivity index (χ1n) is 10.4. The average molecular weight is 464 g/mol. The van der Waals surface area contributed by atoms with Crippen LogP contribution in [-0.2, 0) is 26.0 Å². The average Bonchev–Trinajstić information content (AvgIpc) is 2.76. The van der Waals surface area contributed by atoms with Gasteiger partial charge in [0.2, 0.25) is 21.8 Å². The maximum absolute atomic E-state index is 14.2. The summed E-state index contributed by atoms with van der Waals surface area (Å²) < 4.78 is 39.5. The van der Waals surface area contributed by atoms with Gasteiger partial charge in [-0.25, -0.2) is 12.8 Å². The molecular weight excluding hydrogens is 433 g/mol. The smallest absolute Gasteiger partial charge is 0.242 e. The molecule has 0 saturated carbocycles. The number of sulfonamides is 1. The molecule has 0 unspecified atom stereocenters. The zero-order valence-corrected chi connectivity index (χ0v) is 19.4. The number of hydrogen-bond donors (Lipinski definition) is 1. The Labute approximate surface area is 189 Å². The Morgan fingerprint density at radius 1 is 1.03 bits per heavy atom. The number of nitrogens with one attached hydrogen (secondary N) is 1. The van der Waals surface area contributed by atoms with E-state index in [2.05, 4.69) is 5.32 Å². The van der Waals surface area contributed by atoms with Crippen LogP contribution in [0.15, 0.2) is 54.6 Å². The van der Waals surface area contributed by atoms with Gasteiger partial charge < -0.3 is 10.2 Å². The fraction of sp³-hybridized carbons (Fsp3) is 0.391. The topological polar surface area (TPSA) is 86.8 Å². The molecule has 0 saturated heterocycles. The van der Waals surface area contributed by atoms with Gasteiger partial charge in [0.15, 0.2) is 0 Å². The van der Waals surface area contributed by atoms with Crippen LogP contribution in [0.25, 0.3) is 0 Å². The highest BCUT2D eigenvalue weighted by Gasteiger charge is 2.26. The van der Waals surface area contributed by atoms with Crippen molar-refractivity contribution in [2.75, 3.05) is 30.7 Å². The van der Waals surface area contributed by atoms with Crippen molar-refractivity contribution in [1.82, 2.24) is 10.2 Å². The largest absolute Gasteiger partial charge is 0.357 e. The van der Waals surface area contributed by atoms with Crippen LogP contribution in [0.1, 0.15) is 25.3 Å². The number of nitrogens with zero attached hydrogens (tertiary/aromatic N) is 2. The van der Waals surface area contributed by atoms with Crippen LogP contribution in [0.2, 0.25) is 0 Å². The highest BCUT2D eigenvalue weighted by Crippen LogP contribution is 2.22. The molecule has 7 nitrogen and oxygen atoms in total.